The van der Waals surface area contributed by atoms with Gasteiger partial charge in [-0.1, -0.05) is 24.3 Å². The van der Waals surface area contributed by atoms with E-state index in [-0.39, 0.29) is 0 Å². The highest BCUT2D eigenvalue weighted by atomic mass is 32.1. The number of esters is 2. The van der Waals surface area contributed by atoms with E-state index in [1.165, 1.54) is 25.2 Å². The Balaban J connectivity index is 1.93. The number of benzene rings is 2. The van der Waals surface area contributed by atoms with Crippen LogP contribution < -0.4 is 9.47 Å². The second kappa shape index (κ2) is 8.95. The summed E-state index contributed by atoms with van der Waals surface area (Å²) in [7, 11) is 0. The second-order valence-electron chi connectivity index (χ2n) is 5.96. The quantitative estimate of drug-likeness (QED) is 0.347. The summed E-state index contributed by atoms with van der Waals surface area (Å²) in [6.45, 7) is 2.66. The molecule has 3 aromatic rings. The van der Waals surface area contributed by atoms with Gasteiger partial charge in [0.15, 0.2) is 0 Å². The predicted molar refractivity (Wildman–Crippen MR) is 110 cm³/mol. The SMILES string of the molecule is CC(=O)Oc1cccc(/C=C(\C#N)c2nc(-c3ccccc3OC(C)=O)cs2)c1. The third-order valence-corrected chi connectivity index (χ3v) is 4.58. The smallest absolute Gasteiger partial charge is 0.308 e. The summed E-state index contributed by atoms with van der Waals surface area (Å²) in [4.78, 5) is 27.0. The second-order valence-corrected chi connectivity index (χ2v) is 6.82. The van der Waals surface area contributed by atoms with Gasteiger partial charge in [-0.2, -0.15) is 5.26 Å². The maximum Gasteiger partial charge on any atom is 0.308 e. The molecule has 0 aliphatic rings. The van der Waals surface area contributed by atoms with Gasteiger partial charge in [0, 0.05) is 24.8 Å². The van der Waals surface area contributed by atoms with Gasteiger partial charge in [0.1, 0.15) is 22.6 Å². The van der Waals surface area contributed by atoms with Gasteiger partial charge in [-0.3, -0.25) is 9.59 Å². The lowest BCUT2D eigenvalue weighted by Gasteiger charge is -2.06. The molecule has 0 bridgehead atoms. The molecule has 0 amide bonds. The van der Waals surface area contributed by atoms with Crippen molar-refractivity contribution in [1.82, 2.24) is 4.98 Å². The minimum atomic E-state index is -0.418. The summed E-state index contributed by atoms with van der Waals surface area (Å²) in [5.74, 6) is -0.0204. The van der Waals surface area contributed by atoms with Crippen LogP contribution in [0, 0.1) is 11.3 Å². The lowest BCUT2D eigenvalue weighted by atomic mass is 10.1. The van der Waals surface area contributed by atoms with Crippen molar-refractivity contribution >= 4 is 34.9 Å². The number of rotatable bonds is 5. The zero-order chi connectivity index (χ0) is 20.8. The largest absolute Gasteiger partial charge is 0.427 e. The first-order chi connectivity index (χ1) is 14.0. The fourth-order valence-corrected chi connectivity index (χ4v) is 3.37. The van der Waals surface area contributed by atoms with Crippen LogP contribution >= 0.6 is 11.3 Å². The van der Waals surface area contributed by atoms with Crippen molar-refractivity contribution in [3.05, 3.63) is 64.5 Å². The highest BCUT2D eigenvalue weighted by Gasteiger charge is 2.14. The van der Waals surface area contributed by atoms with E-state index < -0.39 is 11.9 Å². The van der Waals surface area contributed by atoms with Crippen LogP contribution in [-0.2, 0) is 9.59 Å². The maximum absolute atomic E-state index is 11.3. The minimum absolute atomic E-state index is 0.367. The van der Waals surface area contributed by atoms with Crippen LogP contribution in [0.25, 0.3) is 22.9 Å². The molecule has 0 saturated heterocycles. The van der Waals surface area contributed by atoms with Crippen LogP contribution in [0.3, 0.4) is 0 Å². The number of carbonyl (C=O) groups excluding carboxylic acids is 2. The molecule has 0 aliphatic heterocycles. The number of nitrogens with zero attached hydrogens (tertiary/aromatic N) is 2. The predicted octanol–water partition coefficient (Wildman–Crippen LogP) is 4.72. The van der Waals surface area contributed by atoms with Crippen LogP contribution in [-0.4, -0.2) is 16.9 Å². The molecule has 0 unspecified atom stereocenters. The number of para-hydroxylation sites is 1. The summed E-state index contributed by atoms with van der Waals surface area (Å²) >= 11 is 1.31. The normalized spacial score (nSPS) is 10.9. The lowest BCUT2D eigenvalue weighted by Crippen LogP contribution is -2.02. The van der Waals surface area contributed by atoms with Gasteiger partial charge in [-0.25, -0.2) is 4.98 Å². The molecule has 0 atom stereocenters. The Hall–Kier alpha value is -3.76. The van der Waals surface area contributed by atoms with E-state index in [0.717, 1.165) is 0 Å². The Kier molecular flexibility index (Phi) is 6.17. The van der Waals surface area contributed by atoms with Crippen LogP contribution in [0.4, 0.5) is 0 Å². The molecule has 1 heterocycles. The molecule has 0 N–H and O–H groups in total. The van der Waals surface area contributed by atoms with Crippen LogP contribution in [0.5, 0.6) is 11.5 Å². The molecule has 2 aromatic carbocycles. The number of thiazole rings is 1. The lowest BCUT2D eigenvalue weighted by molar-refractivity contribution is -0.132. The topological polar surface area (TPSA) is 89.3 Å². The standard InChI is InChI=1S/C22H16N2O4S/c1-14(25)27-18-7-5-6-16(11-18)10-17(12-23)22-24-20(13-29-22)19-8-3-4-9-21(19)28-15(2)26/h3-11,13H,1-2H3/b17-10+. The van der Waals surface area contributed by atoms with Crippen molar-refractivity contribution in [3.8, 4) is 28.8 Å². The molecule has 144 valence electrons. The Morgan fingerprint density at radius 2 is 1.83 bits per heavy atom. The molecular weight excluding hydrogens is 388 g/mol. The molecule has 0 saturated carbocycles. The molecule has 0 spiro atoms. The van der Waals surface area contributed by atoms with Gasteiger partial charge in [-0.15, -0.1) is 11.3 Å². The van der Waals surface area contributed by atoms with Gasteiger partial charge in [0.2, 0.25) is 0 Å². The van der Waals surface area contributed by atoms with Gasteiger partial charge in [0.25, 0.3) is 0 Å². The fraction of sp³-hybridized carbons (Fsp3) is 0.0909. The number of carbonyl (C=O) groups is 2. The first-order valence-corrected chi connectivity index (χ1v) is 9.48. The first-order valence-electron chi connectivity index (χ1n) is 8.60. The summed E-state index contributed by atoms with van der Waals surface area (Å²) in [6, 6.07) is 16.1. The van der Waals surface area contributed by atoms with Crippen molar-refractivity contribution in [2.24, 2.45) is 0 Å². The number of ether oxygens (including phenoxy) is 2. The van der Waals surface area contributed by atoms with Crippen molar-refractivity contribution in [2.45, 2.75) is 13.8 Å². The number of hydrogen-bond acceptors (Lipinski definition) is 7. The number of allylic oxidation sites excluding steroid dienone is 1. The fourth-order valence-electron chi connectivity index (χ4n) is 2.59. The van der Waals surface area contributed by atoms with E-state index in [2.05, 4.69) is 11.1 Å². The molecule has 0 aliphatic carbocycles. The average molecular weight is 404 g/mol. The highest BCUT2D eigenvalue weighted by Crippen LogP contribution is 2.33. The third kappa shape index (κ3) is 5.15. The van der Waals surface area contributed by atoms with Crippen LogP contribution in [0.1, 0.15) is 24.4 Å². The monoisotopic (exact) mass is 404 g/mol. The number of nitriles is 1. The van der Waals surface area contributed by atoms with Gasteiger partial charge >= 0.3 is 11.9 Å². The zero-order valence-corrected chi connectivity index (χ0v) is 16.5. The van der Waals surface area contributed by atoms with Crippen LogP contribution in [0.2, 0.25) is 0 Å². The molecule has 0 radical (unpaired) electrons. The third-order valence-electron chi connectivity index (χ3n) is 3.70. The molecular formula is C22H16N2O4S. The number of hydrogen-bond donors (Lipinski definition) is 0. The van der Waals surface area contributed by atoms with Crippen molar-refractivity contribution in [1.29, 1.82) is 5.26 Å². The number of aromatic nitrogens is 1. The van der Waals surface area contributed by atoms with Gasteiger partial charge in [-0.05, 0) is 35.9 Å². The maximum atomic E-state index is 11.3. The van der Waals surface area contributed by atoms with Gasteiger partial charge in [0.05, 0.1) is 11.3 Å². The minimum Gasteiger partial charge on any atom is -0.427 e. The molecule has 7 heteroatoms. The van der Waals surface area contributed by atoms with E-state index in [4.69, 9.17) is 9.47 Å². The Labute approximate surface area is 171 Å². The summed E-state index contributed by atoms with van der Waals surface area (Å²) in [6.07, 6.45) is 1.67. The van der Waals surface area contributed by atoms with Gasteiger partial charge < -0.3 is 9.47 Å². The van der Waals surface area contributed by atoms with Crippen molar-refractivity contribution in [3.63, 3.8) is 0 Å². The molecule has 0 fully saturated rings. The molecule has 29 heavy (non-hydrogen) atoms. The highest BCUT2D eigenvalue weighted by molar-refractivity contribution is 7.11. The Morgan fingerprint density at radius 1 is 1.07 bits per heavy atom. The first kappa shape index (κ1) is 20.0. The van der Waals surface area contributed by atoms with Crippen molar-refractivity contribution < 1.29 is 19.1 Å². The van der Waals surface area contributed by atoms with E-state index >= 15 is 0 Å². The van der Waals surface area contributed by atoms with E-state index in [0.29, 0.717) is 38.9 Å². The van der Waals surface area contributed by atoms with E-state index in [9.17, 15) is 14.9 Å². The molecule has 6 nitrogen and oxygen atoms in total. The molecule has 1 aromatic heterocycles. The summed E-state index contributed by atoms with van der Waals surface area (Å²) in [5, 5.41) is 11.9. The van der Waals surface area contributed by atoms with E-state index in [1.807, 2.05) is 6.07 Å². The van der Waals surface area contributed by atoms with Crippen LogP contribution in [0.15, 0.2) is 53.9 Å². The van der Waals surface area contributed by atoms with Crippen molar-refractivity contribution in [2.75, 3.05) is 0 Å². The summed E-state index contributed by atoms with van der Waals surface area (Å²) in [5.41, 5.74) is 2.35. The zero-order valence-electron chi connectivity index (χ0n) is 15.7. The molecule has 3 rings (SSSR count). The Morgan fingerprint density at radius 3 is 2.55 bits per heavy atom. The Bertz CT molecular complexity index is 1140. The van der Waals surface area contributed by atoms with E-state index in [1.54, 1.807) is 53.9 Å². The average Bonchev–Trinajstić information content (AvgIpc) is 3.15. The summed E-state index contributed by atoms with van der Waals surface area (Å²) < 4.78 is 10.3.